The first kappa shape index (κ1) is 13.4. The fraction of sp³-hybridized carbons (Fsp3) is 0.889. The summed E-state index contributed by atoms with van der Waals surface area (Å²) in [5.74, 6) is -1.24. The minimum atomic E-state index is -3.12. The van der Waals surface area contributed by atoms with E-state index in [9.17, 15) is 13.2 Å². The van der Waals surface area contributed by atoms with Crippen LogP contribution in [0.15, 0.2) is 0 Å². The van der Waals surface area contributed by atoms with Crippen LogP contribution in [0.3, 0.4) is 0 Å². The average Bonchev–Trinajstić information content (AvgIpc) is 1.78. The van der Waals surface area contributed by atoms with E-state index < -0.39 is 27.3 Å². The Morgan fingerprint density at radius 2 is 1.79 bits per heavy atom. The quantitative estimate of drug-likeness (QED) is 0.669. The zero-order valence-electron chi connectivity index (χ0n) is 9.33. The summed E-state index contributed by atoms with van der Waals surface area (Å²) in [6.07, 6.45) is 1.11. The largest absolute Gasteiger partial charge is 0.460 e. The molecule has 1 atom stereocenters. The zero-order valence-corrected chi connectivity index (χ0v) is 10.1. The predicted molar refractivity (Wildman–Crippen MR) is 54.7 cm³/mol. The Balaban J connectivity index is 4.29. The number of hydrogen-bond donors (Lipinski definition) is 0. The molecule has 0 spiro atoms. The Kier molecular flexibility index (Phi) is 4.12. The van der Waals surface area contributed by atoms with Gasteiger partial charge < -0.3 is 4.74 Å². The number of sulfone groups is 1. The van der Waals surface area contributed by atoms with Gasteiger partial charge in [0.05, 0.1) is 11.7 Å². The van der Waals surface area contributed by atoms with Crippen LogP contribution in [0.2, 0.25) is 0 Å². The van der Waals surface area contributed by atoms with Gasteiger partial charge in [0.2, 0.25) is 0 Å². The second-order valence-electron chi connectivity index (χ2n) is 4.53. The number of rotatable bonds is 3. The molecule has 0 unspecified atom stereocenters. The summed E-state index contributed by atoms with van der Waals surface area (Å²) in [4.78, 5) is 11.3. The second kappa shape index (κ2) is 4.29. The maximum absolute atomic E-state index is 11.3. The van der Waals surface area contributed by atoms with Crippen LogP contribution < -0.4 is 0 Å². The molecule has 14 heavy (non-hydrogen) atoms. The Morgan fingerprint density at radius 3 is 2.07 bits per heavy atom. The first-order valence-electron chi connectivity index (χ1n) is 4.42. The van der Waals surface area contributed by atoms with E-state index >= 15 is 0 Å². The highest BCUT2D eigenvalue weighted by Gasteiger charge is 2.24. The molecule has 0 rings (SSSR count). The molecular weight excluding hydrogens is 204 g/mol. The van der Waals surface area contributed by atoms with Gasteiger partial charge >= 0.3 is 5.97 Å². The van der Waals surface area contributed by atoms with Crippen LogP contribution >= 0.6 is 0 Å². The van der Waals surface area contributed by atoms with Gasteiger partial charge in [-0.1, -0.05) is 6.92 Å². The van der Waals surface area contributed by atoms with Gasteiger partial charge in [-0.05, 0) is 20.8 Å². The lowest BCUT2D eigenvalue weighted by atomic mass is 10.1. The van der Waals surface area contributed by atoms with Crippen LogP contribution in [0, 0.1) is 5.92 Å². The van der Waals surface area contributed by atoms with Gasteiger partial charge in [0.1, 0.15) is 15.4 Å². The highest BCUT2D eigenvalue weighted by atomic mass is 32.2. The molecule has 0 fully saturated rings. The van der Waals surface area contributed by atoms with Crippen molar-refractivity contribution in [3.8, 4) is 0 Å². The Hall–Kier alpha value is -0.580. The number of hydrogen-bond acceptors (Lipinski definition) is 4. The van der Waals surface area contributed by atoms with E-state index in [4.69, 9.17) is 4.74 Å². The lowest BCUT2D eigenvalue weighted by molar-refractivity contribution is -0.158. The van der Waals surface area contributed by atoms with E-state index in [-0.39, 0.29) is 5.75 Å². The first-order chi connectivity index (χ1) is 6.01. The zero-order chi connectivity index (χ0) is 11.6. The molecule has 0 heterocycles. The number of carbonyl (C=O) groups is 1. The highest BCUT2D eigenvalue weighted by molar-refractivity contribution is 7.90. The number of esters is 1. The standard InChI is InChI=1S/C9H18O4S/c1-7(6-14(5,11)12)8(10)13-9(2,3)4/h7H,6H2,1-5H3/t7-/m1/s1. The number of ether oxygens (including phenoxy) is 1. The maximum Gasteiger partial charge on any atom is 0.310 e. The van der Waals surface area contributed by atoms with Crippen molar-refractivity contribution in [3.63, 3.8) is 0 Å². The molecule has 0 aliphatic rings. The minimum Gasteiger partial charge on any atom is -0.460 e. The van der Waals surface area contributed by atoms with Gasteiger partial charge in [0.15, 0.2) is 0 Å². The third-order valence-electron chi connectivity index (χ3n) is 1.36. The van der Waals surface area contributed by atoms with E-state index in [2.05, 4.69) is 0 Å². The molecule has 0 bridgehead atoms. The fourth-order valence-electron chi connectivity index (χ4n) is 0.925. The van der Waals surface area contributed by atoms with Crippen molar-refractivity contribution in [2.24, 2.45) is 5.92 Å². The van der Waals surface area contributed by atoms with Gasteiger partial charge in [-0.3, -0.25) is 4.79 Å². The van der Waals surface area contributed by atoms with E-state index in [0.717, 1.165) is 6.26 Å². The molecular formula is C9H18O4S. The molecule has 0 saturated heterocycles. The molecule has 0 N–H and O–H groups in total. The molecule has 0 amide bonds. The van der Waals surface area contributed by atoms with E-state index in [1.165, 1.54) is 0 Å². The van der Waals surface area contributed by atoms with Crippen molar-refractivity contribution < 1.29 is 17.9 Å². The van der Waals surface area contributed by atoms with E-state index in [0.29, 0.717) is 0 Å². The van der Waals surface area contributed by atoms with Gasteiger partial charge in [-0.2, -0.15) is 0 Å². The lowest BCUT2D eigenvalue weighted by Crippen LogP contribution is -2.30. The van der Waals surface area contributed by atoms with Gasteiger partial charge in [0.25, 0.3) is 0 Å². The van der Waals surface area contributed by atoms with E-state index in [1.807, 2.05) is 0 Å². The molecule has 0 aromatic rings. The molecule has 0 aliphatic carbocycles. The Morgan fingerprint density at radius 1 is 1.36 bits per heavy atom. The van der Waals surface area contributed by atoms with Crippen molar-refractivity contribution >= 4 is 15.8 Å². The van der Waals surface area contributed by atoms with Crippen LogP contribution in [-0.2, 0) is 19.4 Å². The Bertz CT molecular complexity index is 297. The SMILES string of the molecule is C[C@H](CS(C)(=O)=O)C(=O)OC(C)(C)C. The summed E-state index contributed by atoms with van der Waals surface area (Å²) >= 11 is 0. The molecule has 0 aromatic carbocycles. The summed E-state index contributed by atoms with van der Waals surface area (Å²) in [6, 6.07) is 0. The lowest BCUT2D eigenvalue weighted by Gasteiger charge is -2.21. The molecule has 0 radical (unpaired) electrons. The smallest absolute Gasteiger partial charge is 0.310 e. The monoisotopic (exact) mass is 222 g/mol. The van der Waals surface area contributed by atoms with Crippen molar-refractivity contribution in [2.45, 2.75) is 33.3 Å². The number of carbonyl (C=O) groups excluding carboxylic acids is 1. The highest BCUT2D eigenvalue weighted by Crippen LogP contribution is 2.12. The molecule has 84 valence electrons. The molecule has 4 nitrogen and oxygen atoms in total. The predicted octanol–water partition coefficient (Wildman–Crippen LogP) is 1.01. The van der Waals surface area contributed by atoms with Crippen LogP contribution in [0.4, 0.5) is 0 Å². The van der Waals surface area contributed by atoms with Gasteiger partial charge in [-0.25, -0.2) is 8.42 Å². The third kappa shape index (κ3) is 6.88. The van der Waals surface area contributed by atoms with E-state index in [1.54, 1.807) is 27.7 Å². The summed E-state index contributed by atoms with van der Waals surface area (Å²) in [5, 5.41) is 0. The molecule has 0 aromatic heterocycles. The summed E-state index contributed by atoms with van der Waals surface area (Å²) < 4.78 is 26.8. The van der Waals surface area contributed by atoms with Crippen molar-refractivity contribution in [2.75, 3.05) is 12.0 Å². The Labute approximate surface area is 85.6 Å². The molecule has 0 aliphatic heterocycles. The topological polar surface area (TPSA) is 60.4 Å². The summed E-state index contributed by atoms with van der Waals surface area (Å²) in [5.41, 5.74) is -0.567. The first-order valence-corrected chi connectivity index (χ1v) is 6.48. The fourth-order valence-corrected chi connectivity index (χ4v) is 1.97. The van der Waals surface area contributed by atoms with Crippen LogP contribution in [0.25, 0.3) is 0 Å². The third-order valence-corrected chi connectivity index (χ3v) is 2.47. The van der Waals surface area contributed by atoms with Crippen LogP contribution in [-0.4, -0.2) is 32.0 Å². The van der Waals surface area contributed by atoms with Gasteiger partial charge in [0, 0.05) is 6.26 Å². The second-order valence-corrected chi connectivity index (χ2v) is 6.71. The van der Waals surface area contributed by atoms with Crippen molar-refractivity contribution in [3.05, 3.63) is 0 Å². The maximum atomic E-state index is 11.3. The minimum absolute atomic E-state index is 0.165. The average molecular weight is 222 g/mol. The van der Waals surface area contributed by atoms with Gasteiger partial charge in [-0.15, -0.1) is 0 Å². The van der Waals surface area contributed by atoms with Crippen LogP contribution in [0.1, 0.15) is 27.7 Å². The summed E-state index contributed by atoms with van der Waals surface area (Å²) in [6.45, 7) is 6.79. The molecule has 5 heteroatoms. The normalized spacial score (nSPS) is 14.9. The van der Waals surface area contributed by atoms with Crippen molar-refractivity contribution in [1.29, 1.82) is 0 Å². The van der Waals surface area contributed by atoms with Crippen LogP contribution in [0.5, 0.6) is 0 Å². The summed E-state index contributed by atoms with van der Waals surface area (Å²) in [7, 11) is -3.12. The molecule has 0 saturated carbocycles. The van der Waals surface area contributed by atoms with Crippen molar-refractivity contribution in [1.82, 2.24) is 0 Å².